The summed E-state index contributed by atoms with van der Waals surface area (Å²) in [6, 6.07) is 7.91. The zero-order chi connectivity index (χ0) is 19.9. The Labute approximate surface area is 162 Å². The third-order valence-electron chi connectivity index (χ3n) is 4.35. The van der Waals surface area contributed by atoms with Gasteiger partial charge in [-0.15, -0.1) is 0 Å². The van der Waals surface area contributed by atoms with Crippen molar-refractivity contribution in [2.45, 2.75) is 25.9 Å². The number of amides is 2. The van der Waals surface area contributed by atoms with Crippen LogP contribution in [0.4, 0.5) is 5.69 Å². The number of benzene rings is 1. The van der Waals surface area contributed by atoms with Crippen LogP contribution < -0.4 is 10.6 Å². The van der Waals surface area contributed by atoms with E-state index in [1.54, 1.807) is 25.1 Å². The lowest BCUT2D eigenvalue weighted by Gasteiger charge is -2.12. The number of furan rings is 1. The van der Waals surface area contributed by atoms with Gasteiger partial charge in [-0.25, -0.2) is 4.79 Å². The minimum atomic E-state index is -0.652. The lowest BCUT2D eigenvalue weighted by Crippen LogP contribution is -2.34. The average Bonchev–Trinajstić information content (AvgIpc) is 3.40. The van der Waals surface area contributed by atoms with E-state index in [0.29, 0.717) is 18.8 Å². The van der Waals surface area contributed by atoms with Gasteiger partial charge in [-0.1, -0.05) is 6.07 Å². The summed E-state index contributed by atoms with van der Waals surface area (Å²) in [5.74, 6) is -1.30. The van der Waals surface area contributed by atoms with Gasteiger partial charge in [-0.3, -0.25) is 9.59 Å². The predicted molar refractivity (Wildman–Crippen MR) is 100 cm³/mol. The molecule has 3 rings (SSSR count). The van der Waals surface area contributed by atoms with Crippen LogP contribution in [0, 0.1) is 6.92 Å². The molecule has 1 aliphatic heterocycles. The van der Waals surface area contributed by atoms with E-state index in [-0.39, 0.29) is 29.9 Å². The van der Waals surface area contributed by atoms with E-state index in [0.717, 1.165) is 18.4 Å². The van der Waals surface area contributed by atoms with Gasteiger partial charge in [0.15, 0.2) is 12.4 Å². The lowest BCUT2D eigenvalue weighted by molar-refractivity contribution is -0.124. The minimum Gasteiger partial charge on any atom is -0.459 e. The Morgan fingerprint density at radius 2 is 2.11 bits per heavy atom. The SMILES string of the molecule is Cc1ccc(C(=O)OCC(=O)NC[C@H]2CCCO2)cc1NC(=O)c1ccco1. The Balaban J connectivity index is 1.53. The molecule has 1 aromatic carbocycles. The summed E-state index contributed by atoms with van der Waals surface area (Å²) in [4.78, 5) is 36.2. The van der Waals surface area contributed by atoms with Crippen LogP contribution in [0.25, 0.3) is 0 Å². The van der Waals surface area contributed by atoms with Gasteiger partial charge in [0.05, 0.1) is 17.9 Å². The molecule has 0 unspecified atom stereocenters. The number of aryl methyl sites for hydroxylation is 1. The maximum absolute atomic E-state index is 12.2. The summed E-state index contributed by atoms with van der Waals surface area (Å²) < 4.78 is 15.5. The molecule has 0 saturated carbocycles. The second kappa shape index (κ2) is 9.18. The maximum atomic E-state index is 12.2. The molecule has 0 spiro atoms. The van der Waals surface area contributed by atoms with Crippen LogP contribution in [0.5, 0.6) is 0 Å². The highest BCUT2D eigenvalue weighted by atomic mass is 16.5. The fourth-order valence-electron chi connectivity index (χ4n) is 2.77. The smallest absolute Gasteiger partial charge is 0.338 e. The fourth-order valence-corrected chi connectivity index (χ4v) is 2.77. The molecule has 8 nitrogen and oxygen atoms in total. The minimum absolute atomic E-state index is 0.0251. The van der Waals surface area contributed by atoms with E-state index in [4.69, 9.17) is 13.9 Å². The lowest BCUT2D eigenvalue weighted by atomic mass is 10.1. The molecule has 0 aliphatic carbocycles. The number of rotatable bonds is 7. The molecule has 148 valence electrons. The molecule has 1 aromatic heterocycles. The molecule has 1 atom stereocenters. The number of hydrogen-bond donors (Lipinski definition) is 2. The van der Waals surface area contributed by atoms with Crippen molar-refractivity contribution in [2.24, 2.45) is 0 Å². The van der Waals surface area contributed by atoms with Crippen LogP contribution in [0.1, 0.15) is 39.3 Å². The molecule has 1 aliphatic rings. The number of hydrogen-bond acceptors (Lipinski definition) is 6. The molecule has 0 bridgehead atoms. The molecule has 28 heavy (non-hydrogen) atoms. The molecule has 2 heterocycles. The number of ether oxygens (including phenoxy) is 2. The van der Waals surface area contributed by atoms with Crippen LogP contribution in [-0.2, 0) is 14.3 Å². The van der Waals surface area contributed by atoms with E-state index < -0.39 is 11.9 Å². The Hall–Kier alpha value is -3.13. The van der Waals surface area contributed by atoms with Crippen molar-refractivity contribution in [3.8, 4) is 0 Å². The summed E-state index contributed by atoms with van der Waals surface area (Å²) in [5, 5.41) is 5.38. The highest BCUT2D eigenvalue weighted by Gasteiger charge is 2.18. The number of anilines is 1. The molecule has 2 aromatic rings. The average molecular weight is 386 g/mol. The number of esters is 1. The summed E-state index contributed by atoms with van der Waals surface area (Å²) in [6.07, 6.45) is 3.33. The van der Waals surface area contributed by atoms with E-state index in [1.165, 1.54) is 18.4 Å². The zero-order valence-electron chi connectivity index (χ0n) is 15.5. The van der Waals surface area contributed by atoms with Crippen LogP contribution in [0.15, 0.2) is 41.0 Å². The third-order valence-corrected chi connectivity index (χ3v) is 4.35. The van der Waals surface area contributed by atoms with Gasteiger partial charge in [0.25, 0.3) is 11.8 Å². The summed E-state index contributed by atoms with van der Waals surface area (Å²) >= 11 is 0. The molecular weight excluding hydrogens is 364 g/mol. The highest BCUT2D eigenvalue weighted by molar-refractivity contribution is 6.03. The van der Waals surface area contributed by atoms with Gasteiger partial charge in [0.1, 0.15) is 0 Å². The van der Waals surface area contributed by atoms with Crippen molar-refractivity contribution in [3.05, 3.63) is 53.5 Å². The fraction of sp³-hybridized carbons (Fsp3) is 0.350. The third kappa shape index (κ3) is 5.20. The van der Waals surface area contributed by atoms with Gasteiger partial charge < -0.3 is 24.5 Å². The van der Waals surface area contributed by atoms with Crippen molar-refractivity contribution in [1.82, 2.24) is 5.32 Å². The Morgan fingerprint density at radius 3 is 2.82 bits per heavy atom. The molecule has 0 radical (unpaired) electrons. The van der Waals surface area contributed by atoms with E-state index in [9.17, 15) is 14.4 Å². The van der Waals surface area contributed by atoms with Gasteiger partial charge >= 0.3 is 5.97 Å². The first kappa shape index (κ1) is 19.6. The van der Waals surface area contributed by atoms with Crippen LogP contribution in [0.2, 0.25) is 0 Å². The molecule has 8 heteroatoms. The first-order valence-electron chi connectivity index (χ1n) is 9.04. The number of carbonyl (C=O) groups excluding carboxylic acids is 3. The van der Waals surface area contributed by atoms with Crippen molar-refractivity contribution in [1.29, 1.82) is 0 Å². The van der Waals surface area contributed by atoms with Crippen molar-refractivity contribution in [2.75, 3.05) is 25.1 Å². The predicted octanol–water partition coefficient (Wildman–Crippen LogP) is 2.29. The van der Waals surface area contributed by atoms with Gasteiger partial charge in [0.2, 0.25) is 0 Å². The van der Waals surface area contributed by atoms with Gasteiger partial charge in [-0.2, -0.15) is 0 Å². The van der Waals surface area contributed by atoms with Crippen molar-refractivity contribution < 1.29 is 28.3 Å². The van der Waals surface area contributed by atoms with Crippen LogP contribution >= 0.6 is 0 Å². The van der Waals surface area contributed by atoms with E-state index in [2.05, 4.69) is 10.6 Å². The van der Waals surface area contributed by atoms with Gasteiger partial charge in [-0.05, 0) is 49.6 Å². The molecule has 2 N–H and O–H groups in total. The quantitative estimate of drug-likeness (QED) is 0.707. The van der Waals surface area contributed by atoms with Crippen LogP contribution in [-0.4, -0.2) is 43.6 Å². The normalized spacial score (nSPS) is 15.8. The van der Waals surface area contributed by atoms with Crippen LogP contribution in [0.3, 0.4) is 0 Å². The van der Waals surface area contributed by atoms with Crippen molar-refractivity contribution >= 4 is 23.5 Å². The zero-order valence-corrected chi connectivity index (χ0v) is 15.5. The van der Waals surface area contributed by atoms with E-state index >= 15 is 0 Å². The van der Waals surface area contributed by atoms with Gasteiger partial charge in [0, 0.05) is 18.8 Å². The molecule has 2 amide bonds. The number of nitrogens with one attached hydrogen (secondary N) is 2. The Bertz CT molecular complexity index is 840. The summed E-state index contributed by atoms with van der Waals surface area (Å²) in [5.41, 5.74) is 1.46. The second-order valence-corrected chi connectivity index (χ2v) is 6.48. The second-order valence-electron chi connectivity index (χ2n) is 6.48. The first-order chi connectivity index (χ1) is 13.5. The largest absolute Gasteiger partial charge is 0.459 e. The standard InChI is InChI=1S/C20H22N2O6/c1-13-6-7-14(10-16(13)22-19(24)17-5-3-9-27-17)20(25)28-12-18(23)21-11-15-4-2-8-26-15/h3,5-7,9-10,15H,2,4,8,11-12H2,1H3,(H,21,23)(H,22,24)/t15-/m1/s1. The Morgan fingerprint density at radius 1 is 1.25 bits per heavy atom. The first-order valence-corrected chi connectivity index (χ1v) is 9.04. The molecular formula is C20H22N2O6. The van der Waals surface area contributed by atoms with Crippen molar-refractivity contribution in [3.63, 3.8) is 0 Å². The molecule has 1 fully saturated rings. The highest BCUT2D eigenvalue weighted by Crippen LogP contribution is 2.19. The summed E-state index contributed by atoms with van der Waals surface area (Å²) in [6.45, 7) is 2.53. The monoisotopic (exact) mass is 386 g/mol. The van der Waals surface area contributed by atoms with E-state index in [1.807, 2.05) is 0 Å². The molecule has 1 saturated heterocycles. The topological polar surface area (TPSA) is 107 Å². The maximum Gasteiger partial charge on any atom is 0.338 e. The number of carbonyl (C=O) groups is 3. The Kier molecular flexibility index (Phi) is 6.44. The summed E-state index contributed by atoms with van der Waals surface area (Å²) in [7, 11) is 0.